The number of aromatic amines is 1. The number of hydrogen-bond donors (Lipinski definition) is 2. The quantitative estimate of drug-likeness (QED) is 0.823. The third-order valence-corrected chi connectivity index (χ3v) is 3.90. The van der Waals surface area contributed by atoms with Crippen LogP contribution in [0.4, 0.5) is 0 Å². The van der Waals surface area contributed by atoms with Gasteiger partial charge in [-0.2, -0.15) is 0 Å². The summed E-state index contributed by atoms with van der Waals surface area (Å²) in [4.78, 5) is 8.23. The van der Waals surface area contributed by atoms with E-state index < -0.39 is 0 Å². The molecule has 1 aromatic heterocycles. The number of rotatable bonds is 3. The molecule has 90 valence electrons. The molecule has 1 heterocycles. The molecular formula is C13H23N3. The number of aromatic nitrogens is 2. The van der Waals surface area contributed by atoms with Crippen LogP contribution in [0.1, 0.15) is 56.2 Å². The summed E-state index contributed by atoms with van der Waals surface area (Å²) in [5.74, 6) is 1.19. The first-order valence-corrected chi connectivity index (χ1v) is 6.42. The Kier molecular flexibility index (Phi) is 3.33. The molecule has 1 aliphatic rings. The Morgan fingerprint density at radius 2 is 2.00 bits per heavy atom. The molecule has 0 aliphatic heterocycles. The van der Waals surface area contributed by atoms with E-state index in [9.17, 15) is 0 Å². The van der Waals surface area contributed by atoms with Crippen molar-refractivity contribution in [3.63, 3.8) is 0 Å². The van der Waals surface area contributed by atoms with Gasteiger partial charge in [-0.15, -0.1) is 0 Å². The van der Waals surface area contributed by atoms with E-state index in [1.54, 1.807) is 0 Å². The molecule has 0 saturated heterocycles. The molecule has 1 saturated carbocycles. The summed E-state index contributed by atoms with van der Waals surface area (Å²) >= 11 is 0. The Balaban J connectivity index is 2.22. The van der Waals surface area contributed by atoms with E-state index in [-0.39, 0.29) is 5.41 Å². The molecule has 0 bridgehead atoms. The van der Waals surface area contributed by atoms with Crippen LogP contribution in [0.5, 0.6) is 0 Å². The van der Waals surface area contributed by atoms with Gasteiger partial charge < -0.3 is 10.7 Å². The maximum Gasteiger partial charge on any atom is 0.112 e. The van der Waals surface area contributed by atoms with Crippen molar-refractivity contribution < 1.29 is 0 Å². The van der Waals surface area contributed by atoms with Crippen LogP contribution in [0.3, 0.4) is 0 Å². The predicted molar refractivity (Wildman–Crippen MR) is 66.5 cm³/mol. The molecule has 3 nitrogen and oxygen atoms in total. The number of nitrogens with zero attached hydrogens (tertiary/aromatic N) is 1. The summed E-state index contributed by atoms with van der Waals surface area (Å²) in [6.45, 7) is 5.13. The summed E-state index contributed by atoms with van der Waals surface area (Å²) in [6.07, 6.45) is 7.47. The smallest absolute Gasteiger partial charge is 0.112 e. The van der Waals surface area contributed by atoms with Crippen LogP contribution in [-0.2, 0) is 11.8 Å². The number of nitrogens with two attached hydrogens (primary N) is 1. The van der Waals surface area contributed by atoms with E-state index >= 15 is 0 Å². The molecule has 0 spiro atoms. The number of hydrogen-bond acceptors (Lipinski definition) is 2. The highest BCUT2D eigenvalue weighted by atomic mass is 15.0. The van der Waals surface area contributed by atoms with Crippen molar-refractivity contribution in [2.24, 2.45) is 5.73 Å². The number of nitrogens with one attached hydrogen (secondary N) is 1. The Morgan fingerprint density at radius 1 is 1.31 bits per heavy atom. The minimum Gasteiger partial charge on any atom is -0.345 e. The van der Waals surface area contributed by atoms with Crippen LogP contribution < -0.4 is 5.73 Å². The monoisotopic (exact) mass is 221 g/mol. The van der Waals surface area contributed by atoms with Gasteiger partial charge in [-0.3, -0.25) is 0 Å². The first-order chi connectivity index (χ1) is 7.65. The molecule has 0 unspecified atom stereocenters. The van der Waals surface area contributed by atoms with E-state index in [1.165, 1.54) is 43.6 Å². The molecule has 2 rings (SSSR count). The third-order valence-electron chi connectivity index (χ3n) is 3.90. The van der Waals surface area contributed by atoms with Gasteiger partial charge >= 0.3 is 0 Å². The van der Waals surface area contributed by atoms with E-state index in [2.05, 4.69) is 18.8 Å². The van der Waals surface area contributed by atoms with Crippen molar-refractivity contribution >= 4 is 0 Å². The van der Waals surface area contributed by atoms with Gasteiger partial charge in [0, 0.05) is 17.5 Å². The SMILES string of the molecule is Cc1[nH]c(C2(C)CCCCC2)nc1CCN. The Hall–Kier alpha value is -0.830. The minimum atomic E-state index is 0.274. The summed E-state index contributed by atoms with van der Waals surface area (Å²) < 4.78 is 0. The maximum absolute atomic E-state index is 5.60. The lowest BCUT2D eigenvalue weighted by Crippen LogP contribution is -2.26. The summed E-state index contributed by atoms with van der Waals surface area (Å²) in [5.41, 5.74) is 8.23. The van der Waals surface area contributed by atoms with Gasteiger partial charge in [0.1, 0.15) is 5.82 Å². The van der Waals surface area contributed by atoms with Gasteiger partial charge in [0.15, 0.2) is 0 Å². The first-order valence-electron chi connectivity index (χ1n) is 6.42. The zero-order valence-corrected chi connectivity index (χ0v) is 10.5. The van der Waals surface area contributed by atoms with Crippen molar-refractivity contribution in [3.05, 3.63) is 17.2 Å². The molecule has 0 atom stereocenters. The minimum absolute atomic E-state index is 0.274. The van der Waals surface area contributed by atoms with Crippen molar-refractivity contribution in [3.8, 4) is 0 Å². The molecule has 3 heteroatoms. The zero-order chi connectivity index (χ0) is 11.6. The number of aryl methyl sites for hydroxylation is 1. The lowest BCUT2D eigenvalue weighted by atomic mass is 9.75. The number of imidazole rings is 1. The molecule has 1 fully saturated rings. The van der Waals surface area contributed by atoms with Crippen LogP contribution in [0.2, 0.25) is 0 Å². The van der Waals surface area contributed by atoms with Gasteiger partial charge in [0.2, 0.25) is 0 Å². The first kappa shape index (κ1) is 11.6. The largest absolute Gasteiger partial charge is 0.345 e. The van der Waals surface area contributed by atoms with Gasteiger partial charge in [-0.1, -0.05) is 26.2 Å². The average molecular weight is 221 g/mol. The fourth-order valence-electron chi connectivity index (χ4n) is 2.73. The molecular weight excluding hydrogens is 198 g/mol. The highest BCUT2D eigenvalue weighted by molar-refractivity contribution is 5.19. The zero-order valence-electron chi connectivity index (χ0n) is 10.5. The lowest BCUT2D eigenvalue weighted by molar-refractivity contribution is 0.305. The van der Waals surface area contributed by atoms with Crippen LogP contribution >= 0.6 is 0 Å². The highest BCUT2D eigenvalue weighted by Crippen LogP contribution is 2.37. The molecule has 1 aliphatic carbocycles. The Labute approximate surface area is 97.8 Å². The molecule has 1 aromatic rings. The average Bonchev–Trinajstić information content (AvgIpc) is 2.63. The van der Waals surface area contributed by atoms with Gasteiger partial charge in [0.05, 0.1) is 5.69 Å². The topological polar surface area (TPSA) is 54.7 Å². The molecule has 16 heavy (non-hydrogen) atoms. The second-order valence-electron chi connectivity index (χ2n) is 5.32. The lowest BCUT2D eigenvalue weighted by Gasteiger charge is -2.31. The standard InChI is InChI=1S/C13H23N3/c1-10-11(6-9-14)16-12(15-10)13(2)7-4-3-5-8-13/h3-9,14H2,1-2H3,(H,15,16). The summed E-state index contributed by atoms with van der Waals surface area (Å²) in [6, 6.07) is 0. The third kappa shape index (κ3) is 2.14. The van der Waals surface area contributed by atoms with Crippen LogP contribution in [0, 0.1) is 6.92 Å². The van der Waals surface area contributed by atoms with Crippen molar-refractivity contribution in [2.45, 2.75) is 57.8 Å². The fraction of sp³-hybridized carbons (Fsp3) is 0.769. The second-order valence-corrected chi connectivity index (χ2v) is 5.32. The maximum atomic E-state index is 5.60. The summed E-state index contributed by atoms with van der Waals surface area (Å²) in [5, 5.41) is 0. The van der Waals surface area contributed by atoms with Gasteiger partial charge in [0.25, 0.3) is 0 Å². The second kappa shape index (κ2) is 4.58. The molecule has 0 amide bonds. The summed E-state index contributed by atoms with van der Waals surface area (Å²) in [7, 11) is 0. The predicted octanol–water partition coefficient (Wildman–Crippen LogP) is 2.44. The Morgan fingerprint density at radius 3 is 2.62 bits per heavy atom. The van der Waals surface area contributed by atoms with Crippen LogP contribution in [0.15, 0.2) is 0 Å². The van der Waals surface area contributed by atoms with Crippen LogP contribution in [-0.4, -0.2) is 16.5 Å². The van der Waals surface area contributed by atoms with E-state index in [0.717, 1.165) is 12.1 Å². The number of H-pyrrole nitrogens is 1. The highest BCUT2D eigenvalue weighted by Gasteiger charge is 2.31. The fourth-order valence-corrected chi connectivity index (χ4v) is 2.73. The van der Waals surface area contributed by atoms with Gasteiger partial charge in [-0.25, -0.2) is 4.98 Å². The van der Waals surface area contributed by atoms with Crippen LogP contribution in [0.25, 0.3) is 0 Å². The van der Waals surface area contributed by atoms with Crippen molar-refractivity contribution in [1.29, 1.82) is 0 Å². The van der Waals surface area contributed by atoms with Crippen molar-refractivity contribution in [1.82, 2.24) is 9.97 Å². The van der Waals surface area contributed by atoms with Gasteiger partial charge in [-0.05, 0) is 26.3 Å². The normalized spacial score (nSPS) is 19.9. The van der Waals surface area contributed by atoms with E-state index in [0.29, 0.717) is 6.54 Å². The van der Waals surface area contributed by atoms with E-state index in [1.807, 2.05) is 0 Å². The molecule has 0 aromatic carbocycles. The molecule has 0 radical (unpaired) electrons. The Bertz CT molecular complexity index is 348. The van der Waals surface area contributed by atoms with E-state index in [4.69, 9.17) is 10.7 Å². The molecule has 3 N–H and O–H groups in total. The van der Waals surface area contributed by atoms with Crippen molar-refractivity contribution in [2.75, 3.05) is 6.54 Å².